The minimum atomic E-state index is -0.343. The van der Waals surface area contributed by atoms with Crippen molar-refractivity contribution in [2.75, 3.05) is 6.54 Å². The molecule has 0 aliphatic carbocycles. The van der Waals surface area contributed by atoms with Crippen molar-refractivity contribution < 1.29 is 9.50 Å². The number of fused-ring (bicyclic) bond motifs is 1. The average molecular weight is 218 g/mol. The Hall–Kier alpha value is -2.10. The number of nitrogens with one attached hydrogen (secondary N) is 1. The van der Waals surface area contributed by atoms with E-state index in [-0.39, 0.29) is 11.7 Å². The summed E-state index contributed by atoms with van der Waals surface area (Å²) in [4.78, 5) is 6.78. The van der Waals surface area contributed by atoms with Crippen molar-refractivity contribution in [2.24, 2.45) is 4.99 Å². The topological polar surface area (TPSA) is 48.4 Å². The van der Waals surface area contributed by atoms with Gasteiger partial charge in [-0.05, 0) is 18.2 Å². The van der Waals surface area contributed by atoms with Crippen LogP contribution in [0, 0.1) is 5.82 Å². The molecule has 2 N–H and O–H groups in total. The standard InChI is InChI=1S/C12H11FN2O/c1-2-5-14-7-10-9-6-8(13)3-4-11(9)15-12(10)16/h2-4,6-7,15-16H,1,5H2. The van der Waals surface area contributed by atoms with Crippen molar-refractivity contribution in [3.8, 4) is 5.88 Å². The van der Waals surface area contributed by atoms with Gasteiger partial charge in [0.05, 0.1) is 12.1 Å². The molecule has 82 valence electrons. The third-order valence-electron chi connectivity index (χ3n) is 2.23. The summed E-state index contributed by atoms with van der Waals surface area (Å²) in [5.41, 5.74) is 1.18. The molecule has 4 heteroatoms. The summed E-state index contributed by atoms with van der Waals surface area (Å²) in [7, 11) is 0. The van der Waals surface area contributed by atoms with Crippen LogP contribution in [0.4, 0.5) is 4.39 Å². The molecule has 0 fully saturated rings. The van der Waals surface area contributed by atoms with E-state index in [1.165, 1.54) is 18.3 Å². The molecule has 2 rings (SSSR count). The summed E-state index contributed by atoms with van der Waals surface area (Å²) in [5, 5.41) is 10.2. The normalized spacial score (nSPS) is 11.3. The monoisotopic (exact) mass is 218 g/mol. The zero-order valence-electron chi connectivity index (χ0n) is 8.57. The highest BCUT2D eigenvalue weighted by atomic mass is 19.1. The largest absolute Gasteiger partial charge is 0.494 e. The first-order chi connectivity index (χ1) is 7.72. The SMILES string of the molecule is C=CCN=Cc1c(O)[nH]c2ccc(F)cc12. The van der Waals surface area contributed by atoms with Crippen LogP contribution in [-0.4, -0.2) is 22.8 Å². The van der Waals surface area contributed by atoms with Gasteiger partial charge in [0.2, 0.25) is 0 Å². The van der Waals surface area contributed by atoms with Crippen LogP contribution in [0.2, 0.25) is 0 Å². The van der Waals surface area contributed by atoms with Gasteiger partial charge in [0.1, 0.15) is 5.82 Å². The van der Waals surface area contributed by atoms with Crippen LogP contribution in [0.1, 0.15) is 5.56 Å². The molecule has 0 saturated heterocycles. The molecule has 0 amide bonds. The van der Waals surface area contributed by atoms with E-state index in [1.54, 1.807) is 12.1 Å². The number of aromatic nitrogens is 1. The van der Waals surface area contributed by atoms with Gasteiger partial charge in [0.15, 0.2) is 5.88 Å². The van der Waals surface area contributed by atoms with Gasteiger partial charge in [-0.3, -0.25) is 4.99 Å². The lowest BCUT2D eigenvalue weighted by Crippen LogP contribution is -1.82. The molecule has 0 atom stereocenters. The van der Waals surface area contributed by atoms with Crippen LogP contribution in [0.25, 0.3) is 10.9 Å². The molecule has 0 bridgehead atoms. The van der Waals surface area contributed by atoms with Crippen LogP contribution in [0.15, 0.2) is 35.8 Å². The van der Waals surface area contributed by atoms with E-state index in [0.29, 0.717) is 23.0 Å². The van der Waals surface area contributed by atoms with E-state index >= 15 is 0 Å². The molecule has 1 aromatic carbocycles. The Morgan fingerprint density at radius 1 is 1.50 bits per heavy atom. The minimum Gasteiger partial charge on any atom is -0.494 e. The van der Waals surface area contributed by atoms with Gasteiger partial charge in [-0.1, -0.05) is 6.08 Å². The molecular formula is C12H11FN2O. The molecule has 1 heterocycles. The molecule has 0 aliphatic heterocycles. The van der Waals surface area contributed by atoms with Crippen molar-refractivity contribution in [3.05, 3.63) is 42.2 Å². The molecule has 16 heavy (non-hydrogen) atoms. The van der Waals surface area contributed by atoms with Crippen LogP contribution < -0.4 is 0 Å². The molecule has 0 unspecified atom stereocenters. The number of rotatable bonds is 3. The van der Waals surface area contributed by atoms with Crippen LogP contribution >= 0.6 is 0 Å². The van der Waals surface area contributed by atoms with E-state index in [1.807, 2.05) is 0 Å². The molecule has 0 saturated carbocycles. The van der Waals surface area contributed by atoms with Crippen molar-refractivity contribution in [1.29, 1.82) is 0 Å². The zero-order chi connectivity index (χ0) is 11.5. The summed E-state index contributed by atoms with van der Waals surface area (Å²) in [6, 6.07) is 4.28. The van der Waals surface area contributed by atoms with Crippen LogP contribution in [0.3, 0.4) is 0 Å². The Morgan fingerprint density at radius 3 is 3.06 bits per heavy atom. The molecule has 0 aliphatic rings. The molecule has 1 aromatic heterocycles. The fraction of sp³-hybridized carbons (Fsp3) is 0.0833. The van der Waals surface area contributed by atoms with E-state index in [9.17, 15) is 9.50 Å². The van der Waals surface area contributed by atoms with E-state index in [4.69, 9.17) is 0 Å². The highest BCUT2D eigenvalue weighted by Crippen LogP contribution is 2.26. The smallest absolute Gasteiger partial charge is 0.198 e. The number of hydrogen-bond donors (Lipinski definition) is 2. The number of aromatic amines is 1. The predicted molar refractivity (Wildman–Crippen MR) is 62.6 cm³/mol. The first-order valence-corrected chi connectivity index (χ1v) is 4.83. The Balaban J connectivity index is 2.53. The van der Waals surface area contributed by atoms with Crippen molar-refractivity contribution in [2.45, 2.75) is 0 Å². The number of aliphatic imine (C=N–C) groups is 1. The number of H-pyrrole nitrogens is 1. The fourth-order valence-electron chi connectivity index (χ4n) is 1.52. The summed E-state index contributed by atoms with van der Waals surface area (Å²) in [6.45, 7) is 3.99. The Bertz CT molecular complexity index is 557. The van der Waals surface area contributed by atoms with E-state index in [2.05, 4.69) is 16.6 Å². The first-order valence-electron chi connectivity index (χ1n) is 4.83. The average Bonchev–Trinajstić information content (AvgIpc) is 2.56. The lowest BCUT2D eigenvalue weighted by Gasteiger charge is -1.92. The number of aromatic hydroxyl groups is 1. The Morgan fingerprint density at radius 2 is 2.31 bits per heavy atom. The molecule has 0 radical (unpaired) electrons. The molecule has 3 nitrogen and oxygen atoms in total. The summed E-state index contributed by atoms with van der Waals surface area (Å²) in [5.74, 6) is -0.349. The zero-order valence-corrected chi connectivity index (χ0v) is 8.57. The maximum Gasteiger partial charge on any atom is 0.198 e. The molecule has 2 aromatic rings. The second-order valence-electron chi connectivity index (χ2n) is 3.36. The maximum atomic E-state index is 13.1. The minimum absolute atomic E-state index is 0.00610. The number of hydrogen-bond acceptors (Lipinski definition) is 2. The van der Waals surface area contributed by atoms with Crippen LogP contribution in [-0.2, 0) is 0 Å². The fourth-order valence-corrected chi connectivity index (χ4v) is 1.52. The predicted octanol–water partition coefficient (Wildman–Crippen LogP) is 2.62. The first kappa shape index (κ1) is 10.4. The van der Waals surface area contributed by atoms with Crippen LogP contribution in [0.5, 0.6) is 5.88 Å². The summed E-state index contributed by atoms with van der Waals surface area (Å²) >= 11 is 0. The van der Waals surface area contributed by atoms with E-state index < -0.39 is 0 Å². The highest BCUT2D eigenvalue weighted by molar-refractivity contribution is 6.01. The van der Waals surface area contributed by atoms with Gasteiger partial charge in [-0.25, -0.2) is 4.39 Å². The van der Waals surface area contributed by atoms with Gasteiger partial charge in [0.25, 0.3) is 0 Å². The Labute approximate surface area is 91.9 Å². The third-order valence-corrected chi connectivity index (χ3v) is 2.23. The van der Waals surface area contributed by atoms with Gasteiger partial charge in [0, 0.05) is 17.1 Å². The van der Waals surface area contributed by atoms with Gasteiger partial charge in [-0.2, -0.15) is 0 Å². The number of benzene rings is 1. The van der Waals surface area contributed by atoms with Gasteiger partial charge >= 0.3 is 0 Å². The second-order valence-corrected chi connectivity index (χ2v) is 3.36. The van der Waals surface area contributed by atoms with Crippen molar-refractivity contribution in [1.82, 2.24) is 4.98 Å². The number of nitrogens with zero attached hydrogens (tertiary/aromatic N) is 1. The Kier molecular flexibility index (Phi) is 2.72. The van der Waals surface area contributed by atoms with E-state index in [0.717, 1.165) is 0 Å². The third kappa shape index (κ3) is 1.82. The maximum absolute atomic E-state index is 13.1. The molecule has 0 spiro atoms. The quantitative estimate of drug-likeness (QED) is 0.603. The molecular weight excluding hydrogens is 207 g/mol. The lowest BCUT2D eigenvalue weighted by atomic mass is 10.2. The second kappa shape index (κ2) is 4.18. The van der Waals surface area contributed by atoms with Gasteiger partial charge in [-0.15, -0.1) is 6.58 Å². The van der Waals surface area contributed by atoms with Crippen molar-refractivity contribution >= 4 is 17.1 Å². The number of halogens is 1. The lowest BCUT2D eigenvalue weighted by molar-refractivity contribution is 0.457. The highest BCUT2D eigenvalue weighted by Gasteiger charge is 2.08. The summed E-state index contributed by atoms with van der Waals surface area (Å²) in [6.07, 6.45) is 3.15. The van der Waals surface area contributed by atoms with Gasteiger partial charge < -0.3 is 10.1 Å². The summed E-state index contributed by atoms with van der Waals surface area (Å²) < 4.78 is 13.1. The van der Waals surface area contributed by atoms with Crippen molar-refractivity contribution in [3.63, 3.8) is 0 Å².